The third-order valence-electron chi connectivity index (χ3n) is 1.53. The van der Waals surface area contributed by atoms with E-state index in [0.717, 1.165) is 0 Å². The second-order valence-corrected chi connectivity index (χ2v) is 3.84. The highest BCUT2D eigenvalue weighted by molar-refractivity contribution is 7.99. The molecule has 15 heavy (non-hydrogen) atoms. The Labute approximate surface area is 95.3 Å². The van der Waals surface area contributed by atoms with Crippen molar-refractivity contribution in [3.8, 4) is 0 Å². The smallest absolute Gasteiger partial charge is 0.262 e. The number of aromatic nitrogens is 3. The number of rotatable bonds is 3. The first-order valence-corrected chi connectivity index (χ1v) is 5.26. The summed E-state index contributed by atoms with van der Waals surface area (Å²) in [6.45, 7) is 0. The number of nitrogens with zero attached hydrogens (tertiary/aromatic N) is 3. The number of halogens is 1. The van der Waals surface area contributed by atoms with E-state index in [-0.39, 0.29) is 0 Å². The van der Waals surface area contributed by atoms with Gasteiger partial charge in [-0.2, -0.15) is 0 Å². The Bertz CT molecular complexity index is 448. The highest BCUT2D eigenvalue weighted by atomic mass is 35.5. The van der Waals surface area contributed by atoms with Crippen LogP contribution in [0.4, 0.5) is 5.95 Å². The molecule has 2 aromatic rings. The number of hydrogen-bond acceptors (Lipinski definition) is 6. The van der Waals surface area contributed by atoms with Crippen LogP contribution in [-0.2, 0) is 0 Å². The molecule has 0 unspecified atom stereocenters. The molecule has 2 rings (SSSR count). The minimum absolute atomic E-state index is 0.470. The highest BCUT2D eigenvalue weighted by Gasteiger charge is 2.09. The van der Waals surface area contributed by atoms with Crippen LogP contribution in [0.15, 0.2) is 33.3 Å². The van der Waals surface area contributed by atoms with E-state index in [2.05, 4.69) is 20.3 Å². The summed E-state index contributed by atoms with van der Waals surface area (Å²) in [5.74, 6) is 0.508. The zero-order chi connectivity index (χ0) is 10.7. The van der Waals surface area contributed by atoms with Crippen molar-refractivity contribution in [2.75, 3.05) is 12.4 Å². The molecule has 0 saturated carbocycles. The topological polar surface area (TPSA) is 63.8 Å². The van der Waals surface area contributed by atoms with E-state index in [1.807, 2.05) is 0 Å². The van der Waals surface area contributed by atoms with Crippen molar-refractivity contribution in [2.45, 2.75) is 10.2 Å². The molecule has 7 heteroatoms. The lowest BCUT2D eigenvalue weighted by Crippen LogP contribution is -1.96. The Morgan fingerprint density at radius 2 is 2.33 bits per heavy atom. The van der Waals surface area contributed by atoms with Crippen LogP contribution in [0.3, 0.4) is 0 Å². The van der Waals surface area contributed by atoms with Gasteiger partial charge in [0.05, 0.1) is 17.4 Å². The molecule has 78 valence electrons. The maximum atomic E-state index is 5.93. The van der Waals surface area contributed by atoms with Gasteiger partial charge in [-0.15, -0.1) is 0 Å². The molecule has 0 saturated heterocycles. The Balaban J connectivity index is 2.27. The first-order chi connectivity index (χ1) is 7.29. The van der Waals surface area contributed by atoms with Gasteiger partial charge in [0.25, 0.3) is 5.22 Å². The van der Waals surface area contributed by atoms with Gasteiger partial charge in [-0.3, -0.25) is 0 Å². The molecule has 0 radical (unpaired) electrons. The molecule has 0 atom stereocenters. The fourth-order valence-corrected chi connectivity index (χ4v) is 1.76. The summed E-state index contributed by atoms with van der Waals surface area (Å²) in [4.78, 5) is 12.1. The van der Waals surface area contributed by atoms with Crippen LogP contribution in [0, 0.1) is 0 Å². The summed E-state index contributed by atoms with van der Waals surface area (Å²) in [6.07, 6.45) is 4.60. The Kier molecular flexibility index (Phi) is 3.08. The number of hydrogen-bond donors (Lipinski definition) is 1. The lowest BCUT2D eigenvalue weighted by molar-refractivity contribution is 0.454. The van der Waals surface area contributed by atoms with Gasteiger partial charge in [0.1, 0.15) is 11.3 Å². The number of anilines is 1. The molecule has 2 aromatic heterocycles. The van der Waals surface area contributed by atoms with E-state index in [1.54, 1.807) is 13.2 Å². The van der Waals surface area contributed by atoms with Crippen LogP contribution in [0.5, 0.6) is 0 Å². The quantitative estimate of drug-likeness (QED) is 0.834. The minimum atomic E-state index is 0.470. The maximum absolute atomic E-state index is 5.93. The van der Waals surface area contributed by atoms with Crippen molar-refractivity contribution in [3.63, 3.8) is 0 Å². The summed E-state index contributed by atoms with van der Waals surface area (Å²) in [6, 6.07) is 0. The largest absolute Gasteiger partial charge is 0.440 e. The molecular formula is C8H7ClN4OS. The standard InChI is InChI=1S/C8H7ClN4OS/c1-10-7-12-4-5(9)6(13-7)15-8-11-2-3-14-8/h2-4H,1H3,(H,10,12,13). The van der Waals surface area contributed by atoms with Crippen LogP contribution in [0.25, 0.3) is 0 Å². The second kappa shape index (κ2) is 4.50. The molecule has 2 heterocycles. The second-order valence-electron chi connectivity index (χ2n) is 2.50. The molecule has 0 aliphatic rings. The van der Waals surface area contributed by atoms with E-state index in [4.69, 9.17) is 16.0 Å². The lowest BCUT2D eigenvalue weighted by Gasteiger charge is -2.02. The molecule has 0 aliphatic heterocycles. The van der Waals surface area contributed by atoms with Gasteiger partial charge >= 0.3 is 0 Å². The van der Waals surface area contributed by atoms with Crippen molar-refractivity contribution in [1.82, 2.24) is 15.0 Å². The van der Waals surface area contributed by atoms with Gasteiger partial charge in [0.15, 0.2) is 0 Å². The Hall–Kier alpha value is -1.27. The van der Waals surface area contributed by atoms with Gasteiger partial charge < -0.3 is 9.73 Å². The summed E-state index contributed by atoms with van der Waals surface area (Å²) < 4.78 is 5.08. The minimum Gasteiger partial charge on any atom is -0.440 e. The van der Waals surface area contributed by atoms with Gasteiger partial charge in [-0.05, 0) is 11.8 Å². The van der Waals surface area contributed by atoms with E-state index >= 15 is 0 Å². The molecule has 0 aromatic carbocycles. The molecule has 0 amide bonds. The monoisotopic (exact) mass is 242 g/mol. The Morgan fingerprint density at radius 1 is 1.47 bits per heavy atom. The van der Waals surface area contributed by atoms with Crippen LogP contribution in [0.1, 0.15) is 0 Å². The van der Waals surface area contributed by atoms with Crippen LogP contribution < -0.4 is 5.32 Å². The fourth-order valence-electron chi connectivity index (χ4n) is 0.887. The summed E-state index contributed by atoms with van der Waals surface area (Å²) in [5, 5.41) is 4.41. The average Bonchev–Trinajstić information content (AvgIpc) is 2.74. The van der Waals surface area contributed by atoms with Crippen molar-refractivity contribution in [2.24, 2.45) is 0 Å². The predicted molar refractivity (Wildman–Crippen MR) is 57.2 cm³/mol. The van der Waals surface area contributed by atoms with Crippen molar-refractivity contribution < 1.29 is 4.42 Å². The molecular weight excluding hydrogens is 236 g/mol. The maximum Gasteiger partial charge on any atom is 0.262 e. The van der Waals surface area contributed by atoms with Crippen molar-refractivity contribution in [3.05, 3.63) is 23.7 Å². The van der Waals surface area contributed by atoms with Gasteiger partial charge in [-0.1, -0.05) is 11.6 Å². The zero-order valence-electron chi connectivity index (χ0n) is 7.77. The third kappa shape index (κ3) is 2.40. The van der Waals surface area contributed by atoms with E-state index < -0.39 is 0 Å². The normalized spacial score (nSPS) is 10.3. The molecule has 5 nitrogen and oxygen atoms in total. The van der Waals surface area contributed by atoms with Gasteiger partial charge in [-0.25, -0.2) is 15.0 Å². The van der Waals surface area contributed by atoms with Gasteiger partial charge in [0, 0.05) is 7.05 Å². The Morgan fingerprint density at radius 3 is 3.00 bits per heavy atom. The first-order valence-electron chi connectivity index (χ1n) is 4.07. The molecule has 0 bridgehead atoms. The van der Waals surface area contributed by atoms with Crippen LogP contribution >= 0.6 is 23.4 Å². The average molecular weight is 243 g/mol. The van der Waals surface area contributed by atoms with Crippen LogP contribution in [0.2, 0.25) is 5.02 Å². The SMILES string of the molecule is CNc1ncc(Cl)c(Sc2ncco2)n1. The third-order valence-corrected chi connectivity index (χ3v) is 2.80. The predicted octanol–water partition coefficient (Wildman–Crippen LogP) is 2.31. The van der Waals surface area contributed by atoms with E-state index in [1.165, 1.54) is 24.2 Å². The van der Waals surface area contributed by atoms with Crippen LogP contribution in [-0.4, -0.2) is 22.0 Å². The lowest BCUT2D eigenvalue weighted by atomic mass is 10.6. The van der Waals surface area contributed by atoms with E-state index in [9.17, 15) is 0 Å². The van der Waals surface area contributed by atoms with Gasteiger partial charge in [0.2, 0.25) is 5.95 Å². The molecule has 1 N–H and O–H groups in total. The zero-order valence-corrected chi connectivity index (χ0v) is 9.34. The summed E-state index contributed by atoms with van der Waals surface area (Å²) >= 11 is 7.18. The van der Waals surface area contributed by atoms with E-state index in [0.29, 0.717) is 21.2 Å². The van der Waals surface area contributed by atoms with Crippen molar-refractivity contribution >= 4 is 29.3 Å². The fraction of sp³-hybridized carbons (Fsp3) is 0.125. The molecule has 0 spiro atoms. The summed E-state index contributed by atoms with van der Waals surface area (Å²) in [7, 11) is 1.74. The molecule has 0 fully saturated rings. The molecule has 0 aliphatic carbocycles. The number of nitrogens with one attached hydrogen (secondary N) is 1. The number of oxazole rings is 1. The first kappa shape index (κ1) is 10.3. The van der Waals surface area contributed by atoms with Crippen molar-refractivity contribution in [1.29, 1.82) is 0 Å². The summed E-state index contributed by atoms with van der Waals surface area (Å²) in [5.41, 5.74) is 0. The highest BCUT2D eigenvalue weighted by Crippen LogP contribution is 2.30.